The highest BCUT2D eigenvalue weighted by Crippen LogP contribution is 2.42. The molecule has 156 valence electrons. The Morgan fingerprint density at radius 1 is 1.07 bits per heavy atom. The highest BCUT2D eigenvalue weighted by Gasteiger charge is 2.37. The van der Waals surface area contributed by atoms with E-state index in [2.05, 4.69) is 17.0 Å². The molecule has 3 aromatic carbocycles. The summed E-state index contributed by atoms with van der Waals surface area (Å²) in [5.41, 5.74) is 3.14. The molecule has 0 fully saturated rings. The number of rotatable bonds is 6. The molecule has 0 saturated heterocycles. The van der Waals surface area contributed by atoms with Gasteiger partial charge in [0.1, 0.15) is 6.10 Å². The molecule has 2 atom stereocenters. The SMILES string of the molecule is CN(C)[C@H]1Cc2c(Cl)cc(Cl)cc2[C@@H]1Oc1ccc(SCc2ccccc2)cc1F. The van der Waals surface area contributed by atoms with Crippen LogP contribution in [0.3, 0.4) is 0 Å². The van der Waals surface area contributed by atoms with Crippen LogP contribution in [0.2, 0.25) is 10.0 Å². The van der Waals surface area contributed by atoms with Crippen LogP contribution in [0, 0.1) is 5.82 Å². The van der Waals surface area contributed by atoms with Crippen LogP contribution in [0.5, 0.6) is 5.75 Å². The minimum Gasteiger partial charge on any atom is -0.481 e. The second-order valence-electron chi connectivity index (χ2n) is 7.60. The third kappa shape index (κ3) is 4.62. The monoisotopic (exact) mass is 461 g/mol. The number of fused-ring (bicyclic) bond motifs is 1. The average molecular weight is 462 g/mol. The molecule has 0 aliphatic heterocycles. The molecule has 1 aliphatic carbocycles. The molecule has 0 unspecified atom stereocenters. The zero-order valence-corrected chi connectivity index (χ0v) is 19.1. The van der Waals surface area contributed by atoms with Gasteiger partial charge in [-0.05, 0) is 62.0 Å². The fraction of sp³-hybridized carbons (Fsp3) is 0.250. The van der Waals surface area contributed by atoms with Crippen molar-refractivity contribution in [3.63, 3.8) is 0 Å². The first-order valence-corrected chi connectivity index (χ1v) is 11.4. The Bertz CT molecular complexity index is 1040. The molecule has 0 radical (unpaired) electrons. The van der Waals surface area contributed by atoms with Crippen LogP contribution in [0.1, 0.15) is 22.8 Å². The largest absolute Gasteiger partial charge is 0.481 e. The van der Waals surface area contributed by atoms with E-state index in [-0.39, 0.29) is 23.7 Å². The molecule has 0 N–H and O–H groups in total. The van der Waals surface area contributed by atoms with E-state index in [0.29, 0.717) is 10.0 Å². The number of benzene rings is 3. The molecular weight excluding hydrogens is 440 g/mol. The highest BCUT2D eigenvalue weighted by molar-refractivity contribution is 7.98. The predicted molar refractivity (Wildman–Crippen MR) is 123 cm³/mol. The van der Waals surface area contributed by atoms with Crippen molar-refractivity contribution in [2.75, 3.05) is 14.1 Å². The van der Waals surface area contributed by atoms with E-state index in [1.165, 1.54) is 11.6 Å². The Labute approximate surface area is 190 Å². The molecule has 2 nitrogen and oxygen atoms in total. The summed E-state index contributed by atoms with van der Waals surface area (Å²) in [6, 6.07) is 18.9. The van der Waals surface area contributed by atoms with Gasteiger partial charge in [0, 0.05) is 26.3 Å². The van der Waals surface area contributed by atoms with Crippen LogP contribution in [0.4, 0.5) is 4.39 Å². The Hall–Kier alpha value is -1.72. The first-order valence-electron chi connectivity index (χ1n) is 9.69. The molecule has 3 aromatic rings. The van der Waals surface area contributed by atoms with Gasteiger partial charge in [-0.1, -0.05) is 53.5 Å². The van der Waals surface area contributed by atoms with E-state index in [1.807, 2.05) is 44.4 Å². The van der Waals surface area contributed by atoms with Gasteiger partial charge in [-0.15, -0.1) is 11.8 Å². The maximum atomic E-state index is 14.9. The van der Waals surface area contributed by atoms with Gasteiger partial charge in [-0.2, -0.15) is 0 Å². The summed E-state index contributed by atoms with van der Waals surface area (Å²) in [5.74, 6) is 0.655. The molecule has 0 aromatic heterocycles. The third-order valence-corrected chi connectivity index (χ3v) is 6.95. The summed E-state index contributed by atoms with van der Waals surface area (Å²) in [4.78, 5) is 2.95. The number of ether oxygens (including phenoxy) is 1. The molecule has 30 heavy (non-hydrogen) atoms. The van der Waals surface area contributed by atoms with E-state index in [9.17, 15) is 4.39 Å². The Morgan fingerprint density at radius 2 is 1.83 bits per heavy atom. The van der Waals surface area contributed by atoms with Crippen molar-refractivity contribution in [2.45, 2.75) is 29.2 Å². The van der Waals surface area contributed by atoms with Crippen molar-refractivity contribution >= 4 is 35.0 Å². The number of halogens is 3. The molecule has 0 heterocycles. The zero-order chi connectivity index (χ0) is 21.3. The summed E-state index contributed by atoms with van der Waals surface area (Å²) >= 11 is 14.2. The van der Waals surface area contributed by atoms with Gasteiger partial charge in [0.2, 0.25) is 0 Å². The lowest BCUT2D eigenvalue weighted by Crippen LogP contribution is -2.34. The normalized spacial score (nSPS) is 17.9. The molecule has 4 rings (SSSR count). The first kappa shape index (κ1) is 21.5. The standard InChI is InChI=1S/C24H22Cl2FNOS/c1-28(2)22-13-18-19(10-16(25)11-20(18)26)24(22)29-23-9-8-17(12-21(23)27)30-14-15-6-4-3-5-7-15/h3-12,22,24H,13-14H2,1-2H3/t22-,24-/m0/s1. The Morgan fingerprint density at radius 3 is 2.53 bits per heavy atom. The zero-order valence-electron chi connectivity index (χ0n) is 16.7. The molecule has 0 amide bonds. The van der Waals surface area contributed by atoms with Crippen LogP contribution in [0.15, 0.2) is 65.6 Å². The van der Waals surface area contributed by atoms with E-state index < -0.39 is 0 Å². The van der Waals surface area contributed by atoms with Crippen molar-refractivity contribution in [1.82, 2.24) is 4.90 Å². The lowest BCUT2D eigenvalue weighted by atomic mass is 10.1. The average Bonchev–Trinajstić information content (AvgIpc) is 3.08. The lowest BCUT2D eigenvalue weighted by Gasteiger charge is -2.27. The summed E-state index contributed by atoms with van der Waals surface area (Å²) < 4.78 is 21.1. The van der Waals surface area contributed by atoms with E-state index in [4.69, 9.17) is 27.9 Å². The number of thioether (sulfide) groups is 1. The topological polar surface area (TPSA) is 12.5 Å². The molecule has 0 spiro atoms. The second kappa shape index (κ2) is 9.19. The summed E-state index contributed by atoms with van der Waals surface area (Å²) in [6.45, 7) is 0. The Balaban J connectivity index is 1.54. The molecule has 6 heteroatoms. The van der Waals surface area contributed by atoms with Crippen molar-refractivity contribution in [1.29, 1.82) is 0 Å². The van der Waals surface area contributed by atoms with Crippen molar-refractivity contribution in [3.8, 4) is 5.75 Å². The van der Waals surface area contributed by atoms with Gasteiger partial charge >= 0.3 is 0 Å². The number of likely N-dealkylation sites (N-methyl/N-ethyl adjacent to an activating group) is 1. The first-order chi connectivity index (χ1) is 14.4. The second-order valence-corrected chi connectivity index (χ2v) is 9.49. The smallest absolute Gasteiger partial charge is 0.166 e. The van der Waals surface area contributed by atoms with Crippen molar-refractivity contribution < 1.29 is 9.13 Å². The minimum atomic E-state index is -0.368. The highest BCUT2D eigenvalue weighted by atomic mass is 35.5. The van der Waals surface area contributed by atoms with Gasteiger partial charge in [0.05, 0.1) is 6.04 Å². The summed E-state index contributed by atoms with van der Waals surface area (Å²) in [7, 11) is 3.98. The van der Waals surface area contributed by atoms with E-state index in [1.54, 1.807) is 23.9 Å². The molecule has 1 aliphatic rings. The summed E-state index contributed by atoms with van der Waals surface area (Å²) in [5, 5.41) is 1.18. The van der Waals surface area contributed by atoms with Crippen LogP contribution >= 0.6 is 35.0 Å². The predicted octanol–water partition coefficient (Wildman–Crippen LogP) is 7.03. The van der Waals surface area contributed by atoms with E-state index in [0.717, 1.165) is 28.2 Å². The van der Waals surface area contributed by atoms with E-state index >= 15 is 0 Å². The number of nitrogens with zero attached hydrogens (tertiary/aromatic N) is 1. The fourth-order valence-electron chi connectivity index (χ4n) is 3.76. The maximum absolute atomic E-state index is 14.9. The molecule has 0 bridgehead atoms. The Kier molecular flexibility index (Phi) is 6.59. The van der Waals surface area contributed by atoms with Crippen LogP contribution in [-0.4, -0.2) is 25.0 Å². The van der Waals surface area contributed by atoms with Gasteiger partial charge in [-0.3, -0.25) is 0 Å². The third-order valence-electron chi connectivity index (χ3n) is 5.33. The van der Waals surface area contributed by atoms with Gasteiger partial charge in [0.15, 0.2) is 11.6 Å². The quantitative estimate of drug-likeness (QED) is 0.365. The number of hydrogen-bond donors (Lipinski definition) is 0. The van der Waals surface area contributed by atoms with Crippen molar-refractivity contribution in [3.05, 3.63) is 93.2 Å². The van der Waals surface area contributed by atoms with Crippen LogP contribution in [0.25, 0.3) is 0 Å². The molecule has 0 saturated carbocycles. The maximum Gasteiger partial charge on any atom is 0.166 e. The van der Waals surface area contributed by atoms with Gasteiger partial charge < -0.3 is 9.64 Å². The van der Waals surface area contributed by atoms with Crippen LogP contribution < -0.4 is 4.74 Å². The van der Waals surface area contributed by atoms with Gasteiger partial charge in [-0.25, -0.2) is 4.39 Å². The lowest BCUT2D eigenvalue weighted by molar-refractivity contribution is 0.107. The molecular formula is C24H22Cl2FNOS. The van der Waals surface area contributed by atoms with Crippen LogP contribution in [-0.2, 0) is 12.2 Å². The number of hydrogen-bond acceptors (Lipinski definition) is 3. The van der Waals surface area contributed by atoms with Crippen molar-refractivity contribution in [2.24, 2.45) is 0 Å². The fourth-order valence-corrected chi connectivity index (χ4v) is 5.22. The summed E-state index contributed by atoms with van der Waals surface area (Å²) in [6.07, 6.45) is 0.388. The van der Waals surface area contributed by atoms with Gasteiger partial charge in [0.25, 0.3) is 0 Å². The minimum absolute atomic E-state index is 0.0440.